The van der Waals surface area contributed by atoms with Crippen LogP contribution in [0.2, 0.25) is 0 Å². The van der Waals surface area contributed by atoms with Crippen molar-refractivity contribution in [2.24, 2.45) is 0 Å². The summed E-state index contributed by atoms with van der Waals surface area (Å²) in [6.45, 7) is 6.45. The normalized spacial score (nSPS) is 12.6. The number of rotatable bonds is 48. The summed E-state index contributed by atoms with van der Waals surface area (Å²) >= 11 is 0. The fraction of sp³-hybridized carbons (Fsp3) is 0.741. The second-order valence-corrected chi connectivity index (χ2v) is 17.8. The predicted molar refractivity (Wildman–Crippen MR) is 274 cm³/mol. The van der Waals surface area contributed by atoms with E-state index in [0.29, 0.717) is 19.3 Å². The van der Waals surface area contributed by atoms with E-state index in [2.05, 4.69) is 93.7 Å². The van der Waals surface area contributed by atoms with E-state index < -0.39 is 6.10 Å². The monoisotopic (exact) mass is 893 g/mol. The van der Waals surface area contributed by atoms with Crippen molar-refractivity contribution in [2.45, 2.75) is 264 Å². The quantitative estimate of drug-likeness (QED) is 0.0199. The Bertz CT molecular complexity index is 1210. The van der Waals surface area contributed by atoms with Gasteiger partial charge in [0.15, 0.2) is 6.10 Å². The van der Waals surface area contributed by atoms with Crippen LogP contribution in [-0.2, 0) is 28.6 Å². The van der Waals surface area contributed by atoms with Crippen molar-refractivity contribution < 1.29 is 28.6 Å². The molecular weight excluding hydrogens is 793 g/mol. The lowest BCUT2D eigenvalue weighted by Crippen LogP contribution is -2.30. The second-order valence-electron chi connectivity index (χ2n) is 17.8. The summed E-state index contributed by atoms with van der Waals surface area (Å²) in [6.07, 6.45) is 66.2. The summed E-state index contributed by atoms with van der Waals surface area (Å²) in [7, 11) is 0. The average Bonchev–Trinajstić information content (AvgIpc) is 3.29. The van der Waals surface area contributed by atoms with E-state index in [-0.39, 0.29) is 31.1 Å². The molecule has 0 bridgehead atoms. The molecule has 0 heterocycles. The molecule has 0 aromatic carbocycles. The van der Waals surface area contributed by atoms with Crippen LogP contribution in [0.1, 0.15) is 258 Å². The van der Waals surface area contributed by atoms with E-state index in [1.54, 1.807) is 0 Å². The fourth-order valence-corrected chi connectivity index (χ4v) is 7.42. The number of carbonyl (C=O) groups excluding carboxylic acids is 3. The predicted octanol–water partition coefficient (Wildman–Crippen LogP) is 17.8. The van der Waals surface area contributed by atoms with E-state index in [9.17, 15) is 14.4 Å². The van der Waals surface area contributed by atoms with Gasteiger partial charge in [-0.05, 0) is 96.3 Å². The molecule has 0 aliphatic carbocycles. The Kier molecular flexibility index (Phi) is 49.9. The minimum atomic E-state index is -0.800. The van der Waals surface area contributed by atoms with E-state index >= 15 is 0 Å². The van der Waals surface area contributed by atoms with Crippen LogP contribution in [0, 0.1) is 0 Å². The van der Waals surface area contributed by atoms with Gasteiger partial charge >= 0.3 is 17.9 Å². The second kappa shape index (κ2) is 52.5. The van der Waals surface area contributed by atoms with Gasteiger partial charge in [0.1, 0.15) is 13.2 Å². The Hall–Kier alpha value is -3.15. The highest BCUT2D eigenvalue weighted by molar-refractivity contribution is 5.71. The van der Waals surface area contributed by atoms with Crippen LogP contribution in [0.25, 0.3) is 0 Å². The van der Waals surface area contributed by atoms with Crippen molar-refractivity contribution in [3.63, 3.8) is 0 Å². The first kappa shape index (κ1) is 60.9. The highest BCUT2D eigenvalue weighted by Crippen LogP contribution is 2.14. The highest BCUT2D eigenvalue weighted by atomic mass is 16.6. The molecule has 368 valence electrons. The van der Waals surface area contributed by atoms with Gasteiger partial charge in [0.25, 0.3) is 0 Å². The Morgan fingerprint density at radius 3 is 1.11 bits per heavy atom. The Balaban J connectivity index is 4.36. The molecule has 0 radical (unpaired) electrons. The van der Waals surface area contributed by atoms with Crippen LogP contribution in [-0.4, -0.2) is 37.2 Å². The van der Waals surface area contributed by atoms with Crippen molar-refractivity contribution in [3.05, 3.63) is 72.9 Å². The average molecular weight is 893 g/mol. The third-order valence-electron chi connectivity index (χ3n) is 11.5. The summed E-state index contributed by atoms with van der Waals surface area (Å²) in [5.74, 6) is -0.956. The zero-order valence-electron chi connectivity index (χ0n) is 42.0. The zero-order chi connectivity index (χ0) is 46.5. The van der Waals surface area contributed by atoms with Crippen LogP contribution in [0.4, 0.5) is 0 Å². The smallest absolute Gasteiger partial charge is 0.306 e. The van der Waals surface area contributed by atoms with Gasteiger partial charge in [0.2, 0.25) is 0 Å². The van der Waals surface area contributed by atoms with E-state index in [4.69, 9.17) is 14.2 Å². The summed E-state index contributed by atoms with van der Waals surface area (Å²) in [5.41, 5.74) is 0. The van der Waals surface area contributed by atoms with Gasteiger partial charge in [-0.1, -0.05) is 216 Å². The van der Waals surface area contributed by atoms with Crippen LogP contribution >= 0.6 is 0 Å². The minimum absolute atomic E-state index is 0.0964. The molecule has 0 aliphatic heterocycles. The third kappa shape index (κ3) is 49.9. The number of hydrogen-bond donors (Lipinski definition) is 0. The number of allylic oxidation sites excluding steroid dienone is 12. The molecule has 0 rings (SSSR count). The van der Waals surface area contributed by atoms with Crippen molar-refractivity contribution in [1.82, 2.24) is 0 Å². The molecule has 64 heavy (non-hydrogen) atoms. The maximum atomic E-state index is 12.8. The maximum absolute atomic E-state index is 12.8. The van der Waals surface area contributed by atoms with Crippen LogP contribution in [0.5, 0.6) is 0 Å². The Labute approximate surface area is 395 Å². The molecule has 0 aromatic rings. The molecule has 0 amide bonds. The van der Waals surface area contributed by atoms with Gasteiger partial charge in [-0.2, -0.15) is 0 Å². The maximum Gasteiger partial charge on any atom is 0.306 e. The van der Waals surface area contributed by atoms with Crippen molar-refractivity contribution in [2.75, 3.05) is 13.2 Å². The summed E-state index contributed by atoms with van der Waals surface area (Å²) in [6, 6.07) is 0. The molecule has 6 heteroatoms. The number of ether oxygens (including phenoxy) is 3. The minimum Gasteiger partial charge on any atom is -0.462 e. The lowest BCUT2D eigenvalue weighted by molar-refractivity contribution is -0.167. The summed E-state index contributed by atoms with van der Waals surface area (Å²) < 4.78 is 16.7. The SMILES string of the molecule is CC/C=C\C/C=C\CCCCC(=O)OCC(COC(=O)CCCCCCCCC/C=C\CCCCCCCCCC)OC(=O)CCCCCCC\C=C/C=C\C=C/CCCCCCC. The van der Waals surface area contributed by atoms with Crippen molar-refractivity contribution >= 4 is 17.9 Å². The molecule has 0 fully saturated rings. The topological polar surface area (TPSA) is 78.9 Å². The number of unbranched alkanes of at least 4 members (excludes halogenated alkanes) is 27. The van der Waals surface area contributed by atoms with Gasteiger partial charge in [0.05, 0.1) is 0 Å². The zero-order valence-corrected chi connectivity index (χ0v) is 42.0. The van der Waals surface area contributed by atoms with E-state index in [0.717, 1.165) is 96.3 Å². The number of esters is 3. The molecule has 0 N–H and O–H groups in total. The molecule has 0 aromatic heterocycles. The fourth-order valence-electron chi connectivity index (χ4n) is 7.42. The number of hydrogen-bond acceptors (Lipinski definition) is 6. The Morgan fingerprint density at radius 1 is 0.344 bits per heavy atom. The van der Waals surface area contributed by atoms with Gasteiger partial charge in [0, 0.05) is 19.3 Å². The van der Waals surface area contributed by atoms with Gasteiger partial charge in [-0.15, -0.1) is 0 Å². The molecule has 0 saturated carbocycles. The van der Waals surface area contributed by atoms with Crippen LogP contribution < -0.4 is 0 Å². The first-order chi connectivity index (χ1) is 31.5. The molecule has 1 unspecified atom stereocenters. The van der Waals surface area contributed by atoms with Gasteiger partial charge < -0.3 is 14.2 Å². The third-order valence-corrected chi connectivity index (χ3v) is 11.5. The van der Waals surface area contributed by atoms with Crippen LogP contribution in [0.15, 0.2) is 72.9 Å². The summed E-state index contributed by atoms with van der Waals surface area (Å²) in [5, 5.41) is 0. The standard InChI is InChI=1S/C58H100O6/c1-4-7-10-13-16-19-21-23-25-27-29-31-32-34-36-39-42-45-48-51-57(60)63-54-55(53-62-56(59)50-47-44-41-38-18-15-12-9-6-3)64-58(61)52-49-46-43-40-37-35-33-30-28-26-24-22-20-17-14-11-8-5-2/h9,12,18,22,24,26-30,33,38,55H,4-8,10-11,13-17,19-21,23,25,31-32,34-37,39-54H2,1-3H3/b12-9-,24-22-,28-26-,29-27-,33-30-,38-18-. The number of carbonyl (C=O) groups is 3. The Morgan fingerprint density at radius 2 is 0.672 bits per heavy atom. The summed E-state index contributed by atoms with van der Waals surface area (Å²) in [4.78, 5) is 37.9. The van der Waals surface area contributed by atoms with Crippen LogP contribution in [0.3, 0.4) is 0 Å². The molecule has 0 spiro atoms. The van der Waals surface area contributed by atoms with E-state index in [1.165, 1.54) is 122 Å². The molecule has 1 atom stereocenters. The van der Waals surface area contributed by atoms with Crippen molar-refractivity contribution in [3.8, 4) is 0 Å². The molecule has 0 aliphatic rings. The molecule has 6 nitrogen and oxygen atoms in total. The first-order valence-electron chi connectivity index (χ1n) is 27.0. The lowest BCUT2D eigenvalue weighted by Gasteiger charge is -2.18. The lowest BCUT2D eigenvalue weighted by atomic mass is 10.1. The van der Waals surface area contributed by atoms with Crippen molar-refractivity contribution in [1.29, 1.82) is 0 Å². The highest BCUT2D eigenvalue weighted by Gasteiger charge is 2.19. The van der Waals surface area contributed by atoms with Gasteiger partial charge in [-0.25, -0.2) is 0 Å². The largest absolute Gasteiger partial charge is 0.462 e. The van der Waals surface area contributed by atoms with Gasteiger partial charge in [-0.3, -0.25) is 14.4 Å². The molecule has 0 saturated heterocycles. The molecular formula is C58H100O6. The first-order valence-corrected chi connectivity index (χ1v) is 27.0. The van der Waals surface area contributed by atoms with E-state index in [1.807, 2.05) is 0 Å².